The van der Waals surface area contributed by atoms with Crippen molar-refractivity contribution in [3.63, 3.8) is 0 Å². The zero-order valence-corrected chi connectivity index (χ0v) is 15.5. The first-order valence-corrected chi connectivity index (χ1v) is 9.78. The average molecular weight is 370 g/mol. The van der Waals surface area contributed by atoms with Gasteiger partial charge in [-0.1, -0.05) is 30.3 Å². The van der Waals surface area contributed by atoms with Crippen LogP contribution in [0.2, 0.25) is 0 Å². The van der Waals surface area contributed by atoms with E-state index >= 15 is 0 Å². The molecular weight excluding hydrogens is 348 g/mol. The lowest BCUT2D eigenvalue weighted by atomic mass is 10.1. The molecule has 1 aromatic heterocycles. The lowest BCUT2D eigenvalue weighted by molar-refractivity contribution is -0.146. The van der Waals surface area contributed by atoms with Gasteiger partial charge in [-0.05, 0) is 41.8 Å². The largest absolute Gasteiger partial charge is 0.468 e. The average Bonchev–Trinajstić information content (AvgIpc) is 3.38. The van der Waals surface area contributed by atoms with E-state index in [2.05, 4.69) is 34.5 Å². The summed E-state index contributed by atoms with van der Waals surface area (Å²) in [6, 6.07) is 12.1. The van der Waals surface area contributed by atoms with Crippen LogP contribution in [-0.2, 0) is 22.4 Å². The Bertz CT molecular complexity index is 780. The topological polar surface area (TPSA) is 58.6 Å². The molecule has 0 spiro atoms. The van der Waals surface area contributed by atoms with Gasteiger partial charge in [-0.2, -0.15) is 0 Å². The number of carbonyl (C=O) groups is 2. The van der Waals surface area contributed by atoms with E-state index in [4.69, 9.17) is 4.74 Å². The number of nitrogens with zero attached hydrogens (tertiary/aromatic N) is 1. The van der Waals surface area contributed by atoms with Crippen molar-refractivity contribution in [1.29, 1.82) is 0 Å². The first kappa shape index (κ1) is 17.2. The number of nitrogens with one attached hydrogen (secondary N) is 1. The molecule has 2 aromatic rings. The van der Waals surface area contributed by atoms with Crippen LogP contribution in [0.1, 0.15) is 27.2 Å². The van der Waals surface area contributed by atoms with E-state index in [0.717, 1.165) is 12.8 Å². The number of hydrogen-bond acceptors (Lipinski definition) is 5. The molecular formula is C20H22N2O3S. The summed E-state index contributed by atoms with van der Waals surface area (Å²) in [4.78, 5) is 27.6. The summed E-state index contributed by atoms with van der Waals surface area (Å²) in [5.41, 5.74) is 2.71. The number of hydrogen-bond donors (Lipinski definition) is 1. The zero-order chi connectivity index (χ0) is 18.1. The van der Waals surface area contributed by atoms with E-state index in [0.29, 0.717) is 17.8 Å². The molecule has 6 heteroatoms. The number of ether oxygens (including phenoxy) is 1. The Balaban J connectivity index is 1.48. The number of fused-ring (bicyclic) bond motifs is 1. The maximum absolute atomic E-state index is 12.4. The highest BCUT2D eigenvalue weighted by Crippen LogP contribution is 2.31. The number of likely N-dealkylation sites (tertiary alicyclic amines) is 1. The molecule has 136 valence electrons. The van der Waals surface area contributed by atoms with Gasteiger partial charge in [-0.3, -0.25) is 14.5 Å². The number of carbonyl (C=O) groups excluding carboxylic acids is 2. The first-order chi connectivity index (χ1) is 12.7. The lowest BCUT2D eigenvalue weighted by Crippen LogP contribution is -2.45. The van der Waals surface area contributed by atoms with Gasteiger partial charge in [0.15, 0.2) is 0 Å². The van der Waals surface area contributed by atoms with Gasteiger partial charge in [0.25, 0.3) is 5.91 Å². The van der Waals surface area contributed by atoms with Gasteiger partial charge in [-0.15, -0.1) is 11.3 Å². The van der Waals surface area contributed by atoms with Crippen LogP contribution < -0.4 is 5.32 Å². The molecule has 0 unspecified atom stereocenters. The summed E-state index contributed by atoms with van der Waals surface area (Å²) >= 11 is 1.43. The van der Waals surface area contributed by atoms with Crippen LogP contribution in [0.3, 0.4) is 0 Å². The maximum Gasteiger partial charge on any atom is 0.323 e. The second-order valence-corrected chi connectivity index (χ2v) is 7.90. The molecule has 1 saturated heterocycles. The summed E-state index contributed by atoms with van der Waals surface area (Å²) in [5, 5.41) is 4.98. The molecule has 0 bridgehead atoms. The minimum Gasteiger partial charge on any atom is -0.468 e. The molecule has 1 aliphatic carbocycles. The number of methoxy groups -OCH3 is 1. The molecule has 1 aromatic carbocycles. The molecule has 26 heavy (non-hydrogen) atoms. The number of amides is 1. The summed E-state index contributed by atoms with van der Waals surface area (Å²) < 4.78 is 5.04. The van der Waals surface area contributed by atoms with Gasteiger partial charge in [0, 0.05) is 18.6 Å². The normalized spacial score (nSPS) is 23.0. The van der Waals surface area contributed by atoms with E-state index in [1.54, 1.807) is 0 Å². The van der Waals surface area contributed by atoms with Crippen molar-refractivity contribution in [1.82, 2.24) is 10.2 Å². The van der Waals surface area contributed by atoms with Crippen molar-refractivity contribution in [2.24, 2.45) is 0 Å². The molecule has 1 amide bonds. The Kier molecular flexibility index (Phi) is 4.78. The summed E-state index contributed by atoms with van der Waals surface area (Å²) in [6.45, 7) is 0.676. The smallest absolute Gasteiger partial charge is 0.323 e. The van der Waals surface area contributed by atoms with E-state index in [9.17, 15) is 9.59 Å². The van der Waals surface area contributed by atoms with Crippen molar-refractivity contribution >= 4 is 23.2 Å². The Morgan fingerprint density at radius 1 is 1.15 bits per heavy atom. The van der Waals surface area contributed by atoms with Crippen LogP contribution in [0.5, 0.6) is 0 Å². The molecule has 2 aliphatic rings. The fraction of sp³-hybridized carbons (Fsp3) is 0.400. The fourth-order valence-electron chi connectivity index (χ4n) is 4.17. The van der Waals surface area contributed by atoms with Gasteiger partial charge >= 0.3 is 5.97 Å². The number of thiophene rings is 1. The Labute approximate surface area is 157 Å². The molecule has 0 radical (unpaired) electrons. The van der Waals surface area contributed by atoms with Crippen LogP contribution >= 0.6 is 11.3 Å². The number of rotatable bonds is 4. The lowest BCUT2D eigenvalue weighted by Gasteiger charge is -2.28. The van der Waals surface area contributed by atoms with Crippen molar-refractivity contribution in [3.8, 4) is 0 Å². The van der Waals surface area contributed by atoms with Gasteiger partial charge in [0.05, 0.1) is 12.0 Å². The zero-order valence-electron chi connectivity index (χ0n) is 14.7. The fourth-order valence-corrected chi connectivity index (χ4v) is 4.80. The monoisotopic (exact) mass is 370 g/mol. The maximum atomic E-state index is 12.4. The van der Waals surface area contributed by atoms with Crippen LogP contribution in [0, 0.1) is 0 Å². The predicted molar refractivity (Wildman–Crippen MR) is 100 cm³/mol. The quantitative estimate of drug-likeness (QED) is 0.839. The Morgan fingerprint density at radius 3 is 2.50 bits per heavy atom. The predicted octanol–water partition coefficient (Wildman–Crippen LogP) is 2.26. The molecule has 2 heterocycles. The van der Waals surface area contributed by atoms with E-state index in [1.165, 1.54) is 29.6 Å². The van der Waals surface area contributed by atoms with Gasteiger partial charge in [-0.25, -0.2) is 0 Å². The molecule has 0 saturated carbocycles. The Hall–Kier alpha value is -2.18. The SMILES string of the molecule is COC(=O)[C@@H]1C[C@@H](NC(=O)c2cccs2)CN1C1Cc2ccccc2C1. The summed E-state index contributed by atoms with van der Waals surface area (Å²) in [7, 11) is 1.43. The molecule has 5 nitrogen and oxygen atoms in total. The van der Waals surface area contributed by atoms with Crippen molar-refractivity contribution in [3.05, 3.63) is 57.8 Å². The minimum atomic E-state index is -0.298. The third-order valence-electron chi connectivity index (χ3n) is 5.39. The van der Waals surface area contributed by atoms with Gasteiger partial charge in [0.2, 0.25) is 0 Å². The molecule has 2 atom stereocenters. The summed E-state index contributed by atoms with van der Waals surface area (Å²) in [6.07, 6.45) is 2.47. The van der Waals surface area contributed by atoms with Crippen molar-refractivity contribution in [2.75, 3.05) is 13.7 Å². The van der Waals surface area contributed by atoms with Gasteiger partial charge < -0.3 is 10.1 Å². The van der Waals surface area contributed by atoms with Gasteiger partial charge in [0.1, 0.15) is 6.04 Å². The highest BCUT2D eigenvalue weighted by atomic mass is 32.1. The highest BCUT2D eigenvalue weighted by molar-refractivity contribution is 7.12. The van der Waals surface area contributed by atoms with Crippen LogP contribution in [0.25, 0.3) is 0 Å². The van der Waals surface area contributed by atoms with Crippen LogP contribution in [0.4, 0.5) is 0 Å². The van der Waals surface area contributed by atoms with Crippen molar-refractivity contribution in [2.45, 2.75) is 37.4 Å². The first-order valence-electron chi connectivity index (χ1n) is 8.90. The Morgan fingerprint density at radius 2 is 1.88 bits per heavy atom. The summed E-state index contributed by atoms with van der Waals surface area (Å²) in [5.74, 6) is -0.279. The second kappa shape index (κ2) is 7.21. The van der Waals surface area contributed by atoms with E-state index in [1.807, 2.05) is 17.5 Å². The standard InChI is InChI=1S/C20H22N2O3S/c1-25-20(24)17-11-15(21-19(23)18-7-4-8-26-18)12-22(17)16-9-13-5-2-3-6-14(13)10-16/h2-8,15-17H,9-12H2,1H3,(H,21,23)/t15-,17+/m1/s1. The number of esters is 1. The third kappa shape index (κ3) is 3.27. The highest BCUT2D eigenvalue weighted by Gasteiger charge is 2.43. The molecule has 1 aliphatic heterocycles. The number of benzene rings is 1. The van der Waals surface area contributed by atoms with Crippen LogP contribution in [-0.4, -0.2) is 48.6 Å². The molecule has 1 N–H and O–H groups in total. The molecule has 1 fully saturated rings. The van der Waals surface area contributed by atoms with E-state index < -0.39 is 0 Å². The minimum absolute atomic E-state index is 0.0441. The third-order valence-corrected chi connectivity index (χ3v) is 6.26. The molecule has 4 rings (SSSR count). The van der Waals surface area contributed by atoms with E-state index in [-0.39, 0.29) is 30.0 Å². The van der Waals surface area contributed by atoms with Crippen LogP contribution in [0.15, 0.2) is 41.8 Å². The second-order valence-electron chi connectivity index (χ2n) is 6.95. The van der Waals surface area contributed by atoms with Crippen molar-refractivity contribution < 1.29 is 14.3 Å².